The standard InChI is InChI=1S/C10H17N3O2S2/c1-17(14,15)13-10-12-11-9(16-10)7-8-5-3-2-4-6-8/h8H,2-7H2,1H3,(H,12,13). The maximum Gasteiger partial charge on any atom is 0.231 e. The van der Waals surface area contributed by atoms with Crippen molar-refractivity contribution in [3.8, 4) is 0 Å². The molecule has 1 N–H and O–H groups in total. The van der Waals surface area contributed by atoms with Crippen molar-refractivity contribution in [2.45, 2.75) is 38.5 Å². The molecule has 0 saturated heterocycles. The number of aromatic nitrogens is 2. The molecule has 1 saturated carbocycles. The van der Waals surface area contributed by atoms with Crippen LogP contribution in [0.4, 0.5) is 5.13 Å². The van der Waals surface area contributed by atoms with Crippen molar-refractivity contribution in [1.82, 2.24) is 10.2 Å². The Morgan fingerprint density at radius 2 is 2.00 bits per heavy atom. The van der Waals surface area contributed by atoms with Crippen molar-refractivity contribution < 1.29 is 8.42 Å². The van der Waals surface area contributed by atoms with E-state index in [1.807, 2.05) is 0 Å². The summed E-state index contributed by atoms with van der Waals surface area (Å²) in [6.45, 7) is 0. The van der Waals surface area contributed by atoms with Crippen LogP contribution in [-0.4, -0.2) is 24.9 Å². The number of sulfonamides is 1. The van der Waals surface area contributed by atoms with Gasteiger partial charge in [0.2, 0.25) is 15.2 Å². The van der Waals surface area contributed by atoms with Gasteiger partial charge in [-0.1, -0.05) is 43.4 Å². The second-order valence-corrected chi connectivity index (χ2v) is 7.39. The van der Waals surface area contributed by atoms with E-state index in [0.29, 0.717) is 11.0 Å². The quantitative estimate of drug-likeness (QED) is 0.912. The zero-order chi connectivity index (χ0) is 12.3. The van der Waals surface area contributed by atoms with E-state index in [1.54, 1.807) is 0 Å². The molecule has 1 aliphatic carbocycles. The number of rotatable bonds is 4. The molecule has 1 fully saturated rings. The van der Waals surface area contributed by atoms with Gasteiger partial charge in [0.1, 0.15) is 5.01 Å². The Hall–Kier alpha value is -0.690. The molecule has 0 atom stereocenters. The van der Waals surface area contributed by atoms with E-state index in [-0.39, 0.29) is 0 Å². The second-order valence-electron chi connectivity index (χ2n) is 4.58. The van der Waals surface area contributed by atoms with Crippen molar-refractivity contribution in [3.05, 3.63) is 5.01 Å². The second kappa shape index (κ2) is 5.30. The molecule has 96 valence electrons. The first-order valence-electron chi connectivity index (χ1n) is 5.83. The van der Waals surface area contributed by atoms with Crippen LogP contribution in [-0.2, 0) is 16.4 Å². The molecule has 1 aromatic rings. The molecule has 2 rings (SSSR count). The Labute approximate surface area is 106 Å². The Bertz CT molecular complexity index is 464. The van der Waals surface area contributed by atoms with E-state index in [0.717, 1.165) is 17.7 Å². The molecule has 0 spiro atoms. The fourth-order valence-corrected chi connectivity index (χ4v) is 3.86. The largest absolute Gasteiger partial charge is 0.257 e. The third-order valence-electron chi connectivity index (χ3n) is 2.93. The maximum absolute atomic E-state index is 11.0. The predicted molar refractivity (Wildman–Crippen MR) is 68.7 cm³/mol. The molecule has 1 heterocycles. The van der Waals surface area contributed by atoms with Crippen LogP contribution >= 0.6 is 11.3 Å². The number of nitrogens with zero attached hydrogens (tertiary/aromatic N) is 2. The lowest BCUT2D eigenvalue weighted by molar-refractivity contribution is 0.356. The van der Waals surface area contributed by atoms with E-state index >= 15 is 0 Å². The van der Waals surface area contributed by atoms with E-state index in [9.17, 15) is 8.42 Å². The molecule has 5 nitrogen and oxygen atoms in total. The zero-order valence-corrected chi connectivity index (χ0v) is 11.5. The van der Waals surface area contributed by atoms with Gasteiger partial charge in [-0.15, -0.1) is 10.2 Å². The summed E-state index contributed by atoms with van der Waals surface area (Å²) in [4.78, 5) is 0. The van der Waals surface area contributed by atoms with Gasteiger partial charge in [-0.05, 0) is 5.92 Å². The van der Waals surface area contributed by atoms with Crippen LogP contribution in [0.25, 0.3) is 0 Å². The van der Waals surface area contributed by atoms with Gasteiger partial charge in [0.25, 0.3) is 0 Å². The smallest absolute Gasteiger partial charge is 0.231 e. The Morgan fingerprint density at radius 3 is 2.65 bits per heavy atom. The van der Waals surface area contributed by atoms with E-state index in [2.05, 4.69) is 14.9 Å². The van der Waals surface area contributed by atoms with Crippen LogP contribution in [0.3, 0.4) is 0 Å². The molecular weight excluding hydrogens is 258 g/mol. The van der Waals surface area contributed by atoms with Crippen LogP contribution in [0.2, 0.25) is 0 Å². The minimum Gasteiger partial charge on any atom is -0.257 e. The minimum absolute atomic E-state index is 0.373. The van der Waals surface area contributed by atoms with Gasteiger partial charge in [0.05, 0.1) is 6.26 Å². The summed E-state index contributed by atoms with van der Waals surface area (Å²) < 4.78 is 24.4. The summed E-state index contributed by atoms with van der Waals surface area (Å²) in [6.07, 6.45) is 8.52. The third-order valence-corrected chi connectivity index (χ3v) is 4.48. The first kappa shape index (κ1) is 12.8. The van der Waals surface area contributed by atoms with Gasteiger partial charge in [-0.25, -0.2) is 8.42 Å². The van der Waals surface area contributed by atoms with Crippen LogP contribution in [0.15, 0.2) is 0 Å². The Kier molecular flexibility index (Phi) is 3.98. The molecule has 0 bridgehead atoms. The topological polar surface area (TPSA) is 72.0 Å². The fourth-order valence-electron chi connectivity index (χ4n) is 2.17. The van der Waals surface area contributed by atoms with Crippen LogP contribution in [0.5, 0.6) is 0 Å². The van der Waals surface area contributed by atoms with Crippen LogP contribution in [0, 0.1) is 5.92 Å². The highest BCUT2D eigenvalue weighted by Crippen LogP contribution is 2.28. The van der Waals surface area contributed by atoms with E-state index in [1.165, 1.54) is 43.4 Å². The minimum atomic E-state index is -3.24. The van der Waals surface area contributed by atoms with Crippen molar-refractivity contribution in [3.63, 3.8) is 0 Å². The van der Waals surface area contributed by atoms with Gasteiger partial charge < -0.3 is 0 Å². The van der Waals surface area contributed by atoms with Crippen molar-refractivity contribution >= 4 is 26.5 Å². The van der Waals surface area contributed by atoms with Gasteiger partial charge in [-0.3, -0.25) is 4.72 Å². The molecule has 0 aromatic carbocycles. The van der Waals surface area contributed by atoms with Crippen LogP contribution < -0.4 is 4.72 Å². The van der Waals surface area contributed by atoms with Gasteiger partial charge in [-0.2, -0.15) is 0 Å². The average Bonchev–Trinajstić information content (AvgIpc) is 2.64. The third kappa shape index (κ3) is 4.23. The summed E-state index contributed by atoms with van der Waals surface area (Å²) >= 11 is 1.34. The summed E-state index contributed by atoms with van der Waals surface area (Å²) in [5.41, 5.74) is 0. The number of nitrogens with one attached hydrogen (secondary N) is 1. The van der Waals surface area contributed by atoms with Crippen molar-refractivity contribution in [2.24, 2.45) is 5.92 Å². The maximum atomic E-state index is 11.0. The fraction of sp³-hybridized carbons (Fsp3) is 0.800. The lowest BCUT2D eigenvalue weighted by Gasteiger charge is -2.19. The molecule has 0 amide bonds. The molecule has 1 aromatic heterocycles. The van der Waals surface area contributed by atoms with Crippen LogP contribution in [0.1, 0.15) is 37.1 Å². The Balaban J connectivity index is 1.93. The normalized spacial score (nSPS) is 18.2. The Morgan fingerprint density at radius 1 is 1.29 bits per heavy atom. The number of hydrogen-bond acceptors (Lipinski definition) is 5. The van der Waals surface area contributed by atoms with Crippen molar-refractivity contribution in [2.75, 3.05) is 11.0 Å². The molecule has 0 aliphatic heterocycles. The zero-order valence-electron chi connectivity index (χ0n) is 9.85. The molecule has 17 heavy (non-hydrogen) atoms. The summed E-state index contributed by atoms with van der Waals surface area (Å²) in [6, 6.07) is 0. The van der Waals surface area contributed by atoms with E-state index in [4.69, 9.17) is 0 Å². The van der Waals surface area contributed by atoms with E-state index < -0.39 is 10.0 Å². The monoisotopic (exact) mass is 275 g/mol. The van der Waals surface area contributed by atoms with Gasteiger partial charge in [0.15, 0.2) is 0 Å². The highest BCUT2D eigenvalue weighted by atomic mass is 32.2. The average molecular weight is 275 g/mol. The lowest BCUT2D eigenvalue weighted by Crippen LogP contribution is -2.09. The summed E-state index contributed by atoms with van der Waals surface area (Å²) in [5, 5.41) is 9.19. The molecule has 0 radical (unpaired) electrons. The summed E-state index contributed by atoms with van der Waals surface area (Å²) in [7, 11) is -3.24. The lowest BCUT2D eigenvalue weighted by atomic mass is 9.87. The van der Waals surface area contributed by atoms with Gasteiger partial charge in [0, 0.05) is 6.42 Å². The molecule has 1 aliphatic rings. The highest BCUT2D eigenvalue weighted by molar-refractivity contribution is 7.92. The number of anilines is 1. The molecule has 7 heteroatoms. The molecule has 0 unspecified atom stereocenters. The molecular formula is C10H17N3O2S2. The first-order valence-corrected chi connectivity index (χ1v) is 8.54. The number of hydrogen-bond donors (Lipinski definition) is 1. The first-order chi connectivity index (χ1) is 8.03. The predicted octanol–water partition coefficient (Wildman–Crippen LogP) is 2.03. The van der Waals surface area contributed by atoms with Crippen molar-refractivity contribution in [1.29, 1.82) is 0 Å². The van der Waals surface area contributed by atoms with Gasteiger partial charge >= 0.3 is 0 Å². The highest BCUT2D eigenvalue weighted by Gasteiger charge is 2.17. The summed E-state index contributed by atoms with van der Waals surface area (Å²) in [5.74, 6) is 0.697. The SMILES string of the molecule is CS(=O)(=O)Nc1nnc(CC2CCCCC2)s1.